The van der Waals surface area contributed by atoms with Crippen LogP contribution < -0.4 is 0 Å². The van der Waals surface area contributed by atoms with Crippen molar-refractivity contribution in [2.24, 2.45) is 13.0 Å². The zero-order chi connectivity index (χ0) is 16.7. The van der Waals surface area contributed by atoms with Crippen molar-refractivity contribution in [3.8, 4) is 0 Å². The van der Waals surface area contributed by atoms with Crippen LogP contribution >= 0.6 is 0 Å². The number of benzene rings is 1. The van der Waals surface area contributed by atoms with Gasteiger partial charge in [0.15, 0.2) is 0 Å². The third kappa shape index (κ3) is 2.62. The smallest absolute Gasteiger partial charge is 0.227 e. The molecule has 2 aliphatic rings. The van der Waals surface area contributed by atoms with Gasteiger partial charge >= 0.3 is 0 Å². The lowest BCUT2D eigenvalue weighted by atomic mass is 10.1. The number of fused-ring (bicyclic) bond motifs is 2. The summed E-state index contributed by atoms with van der Waals surface area (Å²) in [6, 6.07) is 8.32. The van der Waals surface area contributed by atoms with Gasteiger partial charge in [-0.05, 0) is 30.4 Å². The van der Waals surface area contributed by atoms with Gasteiger partial charge in [-0.25, -0.2) is 0 Å². The van der Waals surface area contributed by atoms with Crippen molar-refractivity contribution in [2.45, 2.75) is 31.4 Å². The summed E-state index contributed by atoms with van der Waals surface area (Å²) in [4.78, 5) is 14.9. The van der Waals surface area contributed by atoms with E-state index in [4.69, 9.17) is 4.74 Å². The molecule has 2 heterocycles. The lowest BCUT2D eigenvalue weighted by Gasteiger charge is -2.37. The maximum atomic E-state index is 13.0. The molecule has 5 heteroatoms. The summed E-state index contributed by atoms with van der Waals surface area (Å²) in [6.45, 7) is 1.44. The number of aliphatic hydroxyl groups excluding tert-OH is 1. The van der Waals surface area contributed by atoms with Crippen LogP contribution in [-0.2, 0) is 23.0 Å². The van der Waals surface area contributed by atoms with Crippen molar-refractivity contribution in [1.82, 2.24) is 9.47 Å². The molecule has 0 spiro atoms. The molecule has 1 N–H and O–H groups in total. The molecule has 1 aliphatic carbocycles. The number of morpholine rings is 1. The Kier molecular flexibility index (Phi) is 4.06. The van der Waals surface area contributed by atoms with Crippen LogP contribution in [0.4, 0.5) is 0 Å². The van der Waals surface area contributed by atoms with Gasteiger partial charge in [0.05, 0.1) is 25.2 Å². The molecule has 3 atom stereocenters. The maximum absolute atomic E-state index is 13.0. The Morgan fingerprint density at radius 3 is 3.00 bits per heavy atom. The van der Waals surface area contributed by atoms with E-state index in [0.717, 1.165) is 29.3 Å². The molecule has 5 nitrogen and oxygen atoms in total. The van der Waals surface area contributed by atoms with Crippen molar-refractivity contribution in [3.63, 3.8) is 0 Å². The minimum atomic E-state index is 0.0902. The third-order valence-electron chi connectivity index (χ3n) is 5.53. The van der Waals surface area contributed by atoms with Gasteiger partial charge in [-0.3, -0.25) is 4.79 Å². The van der Waals surface area contributed by atoms with Gasteiger partial charge in [-0.2, -0.15) is 0 Å². The van der Waals surface area contributed by atoms with Crippen molar-refractivity contribution in [3.05, 3.63) is 36.0 Å². The second kappa shape index (κ2) is 6.22. The first-order valence-corrected chi connectivity index (χ1v) is 8.72. The fraction of sp³-hybridized carbons (Fsp3) is 0.526. The van der Waals surface area contributed by atoms with Gasteiger partial charge in [0.1, 0.15) is 0 Å². The fourth-order valence-corrected chi connectivity index (χ4v) is 4.34. The van der Waals surface area contributed by atoms with Crippen LogP contribution in [0.3, 0.4) is 0 Å². The molecule has 24 heavy (non-hydrogen) atoms. The number of hydrogen-bond donors (Lipinski definition) is 1. The van der Waals surface area contributed by atoms with Crippen molar-refractivity contribution >= 4 is 16.8 Å². The monoisotopic (exact) mass is 328 g/mol. The van der Waals surface area contributed by atoms with Crippen LogP contribution in [0, 0.1) is 5.92 Å². The van der Waals surface area contributed by atoms with Crippen LogP contribution in [0.15, 0.2) is 30.5 Å². The average molecular weight is 328 g/mol. The molecule has 1 saturated heterocycles. The molecule has 1 aromatic heterocycles. The normalized spacial score (nSPS) is 26.8. The number of aromatic nitrogens is 1. The van der Waals surface area contributed by atoms with Crippen LogP contribution in [-0.4, -0.2) is 52.4 Å². The molecule has 1 aromatic carbocycles. The molecule has 2 fully saturated rings. The molecule has 0 bridgehead atoms. The highest BCUT2D eigenvalue weighted by Gasteiger charge is 2.42. The summed E-state index contributed by atoms with van der Waals surface area (Å²) in [6.07, 6.45) is 4.29. The Bertz CT molecular complexity index is 754. The van der Waals surface area contributed by atoms with Crippen LogP contribution in [0.1, 0.15) is 18.4 Å². The SMILES string of the molecule is Cn1cc(CC(=O)N2CCOC3C[C@H](CO)C[C@@H]32)c2ccccc21. The van der Waals surface area contributed by atoms with E-state index in [2.05, 4.69) is 22.9 Å². The Morgan fingerprint density at radius 1 is 1.33 bits per heavy atom. The van der Waals surface area contributed by atoms with Crippen LogP contribution in [0.5, 0.6) is 0 Å². The summed E-state index contributed by atoms with van der Waals surface area (Å²) in [5.74, 6) is 0.425. The number of ether oxygens (including phenoxy) is 1. The molecule has 1 aliphatic heterocycles. The van der Waals surface area contributed by atoms with E-state index in [0.29, 0.717) is 19.6 Å². The molecule has 1 amide bonds. The minimum absolute atomic E-state index is 0.0902. The summed E-state index contributed by atoms with van der Waals surface area (Å²) in [5, 5.41) is 10.6. The second-order valence-electron chi connectivity index (χ2n) is 7.04. The zero-order valence-electron chi connectivity index (χ0n) is 14.0. The average Bonchev–Trinajstić information content (AvgIpc) is 3.16. The second-order valence-corrected chi connectivity index (χ2v) is 7.04. The number of carbonyl (C=O) groups is 1. The van der Waals surface area contributed by atoms with E-state index in [1.165, 1.54) is 0 Å². The summed E-state index contributed by atoms with van der Waals surface area (Å²) < 4.78 is 7.91. The number of carbonyl (C=O) groups excluding carboxylic acids is 1. The zero-order valence-corrected chi connectivity index (χ0v) is 14.0. The van der Waals surface area contributed by atoms with Gasteiger partial charge < -0.3 is 19.3 Å². The predicted octanol–water partition coefficient (Wildman–Crippen LogP) is 1.72. The highest BCUT2D eigenvalue weighted by molar-refractivity contribution is 5.89. The molecule has 0 radical (unpaired) electrons. The van der Waals surface area contributed by atoms with Gasteiger partial charge in [-0.15, -0.1) is 0 Å². The van der Waals surface area contributed by atoms with Gasteiger partial charge in [0.2, 0.25) is 5.91 Å². The minimum Gasteiger partial charge on any atom is -0.396 e. The third-order valence-corrected chi connectivity index (χ3v) is 5.53. The van der Waals surface area contributed by atoms with Crippen molar-refractivity contribution in [2.75, 3.05) is 19.8 Å². The number of rotatable bonds is 3. The van der Waals surface area contributed by atoms with Gasteiger partial charge in [-0.1, -0.05) is 18.2 Å². The first kappa shape index (κ1) is 15.7. The number of amides is 1. The molecular weight excluding hydrogens is 304 g/mol. The Balaban J connectivity index is 1.55. The quantitative estimate of drug-likeness (QED) is 0.933. The Hall–Kier alpha value is -1.85. The number of nitrogens with zero attached hydrogens (tertiary/aromatic N) is 2. The Labute approximate surface area is 141 Å². The van der Waals surface area contributed by atoms with Gasteiger partial charge in [0, 0.05) is 37.3 Å². The van der Waals surface area contributed by atoms with E-state index in [1.807, 2.05) is 24.1 Å². The maximum Gasteiger partial charge on any atom is 0.227 e. The standard InChI is InChI=1S/C19H24N2O3/c1-20-11-14(15-4-2-3-5-16(15)20)10-19(23)21-6-7-24-18-9-13(12-22)8-17(18)21/h2-5,11,13,17-18,22H,6-10,12H2,1H3/t13-,17+,18?/m1/s1. The van der Waals surface area contributed by atoms with E-state index in [9.17, 15) is 9.90 Å². The number of hydrogen-bond acceptors (Lipinski definition) is 3. The largest absolute Gasteiger partial charge is 0.396 e. The van der Waals surface area contributed by atoms with Crippen molar-refractivity contribution < 1.29 is 14.6 Å². The first-order valence-electron chi connectivity index (χ1n) is 8.72. The highest BCUT2D eigenvalue weighted by atomic mass is 16.5. The van der Waals surface area contributed by atoms with Crippen molar-refractivity contribution in [1.29, 1.82) is 0 Å². The lowest BCUT2D eigenvalue weighted by Crippen LogP contribution is -2.51. The first-order chi connectivity index (χ1) is 11.7. The molecule has 128 valence electrons. The van der Waals surface area contributed by atoms with E-state index < -0.39 is 0 Å². The van der Waals surface area contributed by atoms with Crippen LogP contribution in [0.2, 0.25) is 0 Å². The summed E-state index contributed by atoms with van der Waals surface area (Å²) in [7, 11) is 2.02. The molecule has 1 saturated carbocycles. The van der Waals surface area contributed by atoms with Gasteiger partial charge in [0.25, 0.3) is 0 Å². The van der Waals surface area contributed by atoms with E-state index in [1.54, 1.807) is 0 Å². The summed E-state index contributed by atoms with van der Waals surface area (Å²) in [5.41, 5.74) is 2.24. The number of aryl methyl sites for hydroxylation is 1. The molecular formula is C19H24N2O3. The lowest BCUT2D eigenvalue weighted by molar-refractivity contribution is -0.143. The van der Waals surface area contributed by atoms with Crippen LogP contribution in [0.25, 0.3) is 10.9 Å². The number of para-hydroxylation sites is 1. The predicted molar refractivity (Wildman–Crippen MR) is 91.7 cm³/mol. The molecule has 4 rings (SSSR count). The molecule has 1 unspecified atom stereocenters. The van der Waals surface area contributed by atoms with E-state index >= 15 is 0 Å². The topological polar surface area (TPSA) is 54.7 Å². The highest BCUT2D eigenvalue weighted by Crippen LogP contribution is 2.34. The fourth-order valence-electron chi connectivity index (χ4n) is 4.34. The van der Waals surface area contributed by atoms with E-state index in [-0.39, 0.29) is 30.6 Å². The molecule has 2 aromatic rings. The Morgan fingerprint density at radius 2 is 2.17 bits per heavy atom. The summed E-state index contributed by atoms with van der Waals surface area (Å²) >= 11 is 0. The number of aliphatic hydroxyl groups is 1.